The molecule has 6 heteroatoms. The Balaban J connectivity index is 1.52. The molecule has 2 aromatic heterocycles. The second-order valence-electron chi connectivity index (χ2n) is 6.14. The fourth-order valence-corrected chi connectivity index (χ4v) is 3.29. The van der Waals surface area contributed by atoms with Crippen LogP contribution in [0.15, 0.2) is 48.9 Å². The van der Waals surface area contributed by atoms with Gasteiger partial charge in [0.15, 0.2) is 5.82 Å². The van der Waals surface area contributed by atoms with E-state index in [4.69, 9.17) is 16.6 Å². The number of hydrogen-bond donors (Lipinski definition) is 1. The van der Waals surface area contributed by atoms with E-state index in [0.717, 1.165) is 54.3 Å². The van der Waals surface area contributed by atoms with Crippen LogP contribution in [0.4, 0.5) is 0 Å². The molecule has 1 aliphatic rings. The predicted molar refractivity (Wildman–Crippen MR) is 96.2 cm³/mol. The van der Waals surface area contributed by atoms with Crippen LogP contribution in [0.2, 0.25) is 5.02 Å². The molecule has 1 aliphatic heterocycles. The molecule has 3 heterocycles. The average Bonchev–Trinajstić information content (AvgIpc) is 2.64. The Hall–Kier alpha value is -2.50. The summed E-state index contributed by atoms with van der Waals surface area (Å²) < 4.78 is 0. The van der Waals surface area contributed by atoms with Gasteiger partial charge in [-0.25, -0.2) is 9.97 Å². The third-order valence-corrected chi connectivity index (χ3v) is 4.73. The molecule has 1 aromatic carbocycles. The number of hydrogen-bond acceptors (Lipinski definition) is 5. The van der Waals surface area contributed by atoms with Gasteiger partial charge in [-0.05, 0) is 29.8 Å². The zero-order chi connectivity index (χ0) is 17.2. The molecule has 0 unspecified atom stereocenters. The number of aromatic hydroxyl groups is 1. The minimum Gasteiger partial charge on any atom is -0.508 e. The Morgan fingerprint density at radius 2 is 2.00 bits per heavy atom. The van der Waals surface area contributed by atoms with Crippen LogP contribution in [0, 0.1) is 0 Å². The third-order valence-electron chi connectivity index (χ3n) is 4.38. The van der Waals surface area contributed by atoms with Gasteiger partial charge in [-0.3, -0.25) is 9.88 Å². The number of pyridine rings is 1. The van der Waals surface area contributed by atoms with Crippen molar-refractivity contribution in [2.75, 3.05) is 6.54 Å². The Labute approximate surface area is 151 Å². The van der Waals surface area contributed by atoms with Crippen LogP contribution < -0.4 is 0 Å². The number of rotatable bonds is 3. The molecule has 5 nitrogen and oxygen atoms in total. The van der Waals surface area contributed by atoms with E-state index < -0.39 is 0 Å². The van der Waals surface area contributed by atoms with Gasteiger partial charge in [-0.2, -0.15) is 0 Å². The van der Waals surface area contributed by atoms with Crippen molar-refractivity contribution in [1.82, 2.24) is 19.9 Å². The largest absolute Gasteiger partial charge is 0.508 e. The van der Waals surface area contributed by atoms with Gasteiger partial charge in [0.05, 0.1) is 5.69 Å². The maximum Gasteiger partial charge on any atom is 0.159 e. The monoisotopic (exact) mass is 352 g/mol. The van der Waals surface area contributed by atoms with Crippen LogP contribution >= 0.6 is 11.6 Å². The molecule has 0 bridgehead atoms. The summed E-state index contributed by atoms with van der Waals surface area (Å²) >= 11 is 6.22. The summed E-state index contributed by atoms with van der Waals surface area (Å²) in [5.74, 6) is 0.936. The molecule has 3 aromatic rings. The van der Waals surface area contributed by atoms with E-state index in [1.165, 1.54) is 0 Å². The fraction of sp³-hybridized carbons (Fsp3) is 0.211. The molecular weight excluding hydrogens is 336 g/mol. The Bertz CT molecular complexity index is 901. The summed E-state index contributed by atoms with van der Waals surface area (Å²) in [6, 6.07) is 8.96. The van der Waals surface area contributed by atoms with Gasteiger partial charge in [-0.15, -0.1) is 0 Å². The van der Waals surface area contributed by atoms with Gasteiger partial charge >= 0.3 is 0 Å². The predicted octanol–water partition coefficient (Wildman–Crippen LogP) is 3.46. The normalized spacial score (nSPS) is 14.3. The van der Waals surface area contributed by atoms with Gasteiger partial charge in [-0.1, -0.05) is 17.7 Å². The molecular formula is C19H17ClN4O. The molecule has 0 saturated carbocycles. The minimum absolute atomic E-state index is 0.190. The first-order valence-corrected chi connectivity index (χ1v) is 8.52. The maximum absolute atomic E-state index is 9.47. The summed E-state index contributed by atoms with van der Waals surface area (Å²) in [4.78, 5) is 15.6. The smallest absolute Gasteiger partial charge is 0.159 e. The molecule has 0 spiro atoms. The Morgan fingerprint density at radius 1 is 1.16 bits per heavy atom. The molecule has 25 heavy (non-hydrogen) atoms. The van der Waals surface area contributed by atoms with Gasteiger partial charge < -0.3 is 5.11 Å². The summed E-state index contributed by atoms with van der Waals surface area (Å²) in [6.45, 7) is 2.45. The van der Waals surface area contributed by atoms with Crippen molar-refractivity contribution in [1.29, 1.82) is 0 Å². The average molecular weight is 353 g/mol. The van der Waals surface area contributed by atoms with E-state index in [2.05, 4.69) is 14.9 Å². The van der Waals surface area contributed by atoms with E-state index in [-0.39, 0.29) is 5.75 Å². The zero-order valence-electron chi connectivity index (χ0n) is 13.6. The van der Waals surface area contributed by atoms with Gasteiger partial charge in [0.25, 0.3) is 0 Å². The highest BCUT2D eigenvalue weighted by atomic mass is 35.5. The van der Waals surface area contributed by atoms with Gasteiger partial charge in [0, 0.05) is 60.8 Å². The van der Waals surface area contributed by atoms with Crippen molar-refractivity contribution >= 4 is 11.6 Å². The topological polar surface area (TPSA) is 62.1 Å². The van der Waals surface area contributed by atoms with E-state index in [9.17, 15) is 5.11 Å². The summed E-state index contributed by atoms with van der Waals surface area (Å²) in [5, 5.41) is 10.1. The van der Waals surface area contributed by atoms with E-state index in [1.807, 2.05) is 24.4 Å². The van der Waals surface area contributed by atoms with E-state index in [0.29, 0.717) is 5.02 Å². The maximum atomic E-state index is 9.47. The van der Waals surface area contributed by atoms with Crippen molar-refractivity contribution in [3.05, 3.63) is 70.8 Å². The molecule has 0 amide bonds. The van der Waals surface area contributed by atoms with E-state index >= 15 is 0 Å². The second kappa shape index (κ2) is 6.78. The first kappa shape index (κ1) is 16.0. The van der Waals surface area contributed by atoms with Crippen molar-refractivity contribution in [2.45, 2.75) is 19.5 Å². The Morgan fingerprint density at radius 3 is 2.80 bits per heavy atom. The lowest BCUT2D eigenvalue weighted by molar-refractivity contribution is 0.243. The Kier molecular flexibility index (Phi) is 4.34. The number of fused-ring (bicyclic) bond motifs is 1. The number of halogens is 1. The number of aromatic nitrogens is 3. The van der Waals surface area contributed by atoms with Crippen molar-refractivity contribution in [3.63, 3.8) is 0 Å². The van der Waals surface area contributed by atoms with Crippen molar-refractivity contribution < 1.29 is 5.11 Å². The third kappa shape index (κ3) is 3.48. The van der Waals surface area contributed by atoms with Crippen LogP contribution in [-0.4, -0.2) is 31.5 Å². The quantitative estimate of drug-likeness (QED) is 0.782. The van der Waals surface area contributed by atoms with Gasteiger partial charge in [0.1, 0.15) is 5.75 Å². The minimum atomic E-state index is 0.190. The molecule has 126 valence electrons. The lowest BCUT2D eigenvalue weighted by Gasteiger charge is -2.28. The molecule has 4 rings (SSSR count). The molecule has 0 radical (unpaired) electrons. The molecule has 1 N–H and O–H groups in total. The molecule has 0 atom stereocenters. The number of benzene rings is 1. The highest BCUT2D eigenvalue weighted by molar-refractivity contribution is 6.31. The van der Waals surface area contributed by atoms with Crippen LogP contribution in [0.3, 0.4) is 0 Å². The highest BCUT2D eigenvalue weighted by Crippen LogP contribution is 2.26. The van der Waals surface area contributed by atoms with Crippen LogP contribution in [-0.2, 0) is 19.5 Å². The summed E-state index contributed by atoms with van der Waals surface area (Å²) in [5.41, 5.74) is 4.25. The number of phenols is 1. The standard InChI is InChI=1S/C19H17ClN4O/c20-17-9-16(25)2-1-14(17)11-24-8-5-18-15(12-24)10-22-19(23-18)13-3-6-21-7-4-13/h1-4,6-7,9-10,25H,5,8,11-12H2. The first-order chi connectivity index (χ1) is 12.2. The molecule has 0 aliphatic carbocycles. The lowest BCUT2D eigenvalue weighted by atomic mass is 10.1. The van der Waals surface area contributed by atoms with Crippen LogP contribution in [0.1, 0.15) is 16.8 Å². The lowest BCUT2D eigenvalue weighted by Crippen LogP contribution is -2.31. The second-order valence-corrected chi connectivity index (χ2v) is 6.54. The van der Waals surface area contributed by atoms with E-state index in [1.54, 1.807) is 24.5 Å². The number of nitrogens with zero attached hydrogens (tertiary/aromatic N) is 4. The van der Waals surface area contributed by atoms with Gasteiger partial charge in [0.2, 0.25) is 0 Å². The fourth-order valence-electron chi connectivity index (χ4n) is 3.05. The summed E-state index contributed by atoms with van der Waals surface area (Å²) in [7, 11) is 0. The first-order valence-electron chi connectivity index (χ1n) is 8.14. The van der Waals surface area contributed by atoms with Crippen molar-refractivity contribution in [3.8, 4) is 17.1 Å². The van der Waals surface area contributed by atoms with Crippen LogP contribution in [0.5, 0.6) is 5.75 Å². The zero-order valence-corrected chi connectivity index (χ0v) is 14.3. The van der Waals surface area contributed by atoms with Crippen LogP contribution in [0.25, 0.3) is 11.4 Å². The molecule has 0 fully saturated rings. The number of phenolic OH excluding ortho intramolecular Hbond substituents is 1. The summed E-state index contributed by atoms with van der Waals surface area (Å²) in [6.07, 6.45) is 6.30. The highest BCUT2D eigenvalue weighted by Gasteiger charge is 2.19. The van der Waals surface area contributed by atoms with Crippen molar-refractivity contribution in [2.24, 2.45) is 0 Å². The molecule has 0 saturated heterocycles. The SMILES string of the molecule is Oc1ccc(CN2CCc3nc(-c4ccncc4)ncc3C2)c(Cl)c1.